The van der Waals surface area contributed by atoms with Crippen molar-refractivity contribution in [3.8, 4) is 0 Å². The van der Waals surface area contributed by atoms with E-state index in [1.54, 1.807) is 27.7 Å². The number of ether oxygens (including phenoxy) is 1. The van der Waals surface area contributed by atoms with E-state index in [1.807, 2.05) is 6.92 Å². The van der Waals surface area contributed by atoms with Crippen LogP contribution in [0.5, 0.6) is 0 Å². The van der Waals surface area contributed by atoms with E-state index in [0.717, 1.165) is 19.1 Å². The van der Waals surface area contributed by atoms with Crippen LogP contribution in [0.15, 0.2) is 0 Å². The molecule has 1 fully saturated rings. The van der Waals surface area contributed by atoms with Crippen molar-refractivity contribution in [3.05, 3.63) is 0 Å². The van der Waals surface area contributed by atoms with Gasteiger partial charge < -0.3 is 14.8 Å². The average molecular weight is 227 g/mol. The molecule has 0 aromatic carbocycles. The fraction of sp³-hybridized carbons (Fsp3) is 0.833. The Morgan fingerprint density at radius 2 is 1.81 bits per heavy atom. The SMILES string of the molecule is CC(C)(C)OC(=O)NC(C)(C=O)C1(C)CC1. The van der Waals surface area contributed by atoms with Gasteiger partial charge in [0, 0.05) is 0 Å². The van der Waals surface area contributed by atoms with Crippen LogP contribution in [0.2, 0.25) is 0 Å². The molecule has 0 heterocycles. The van der Waals surface area contributed by atoms with Gasteiger partial charge in [-0.1, -0.05) is 6.92 Å². The number of nitrogens with one attached hydrogen (secondary N) is 1. The highest BCUT2D eigenvalue weighted by molar-refractivity contribution is 5.77. The molecular weight excluding hydrogens is 206 g/mol. The number of amides is 1. The molecule has 4 nitrogen and oxygen atoms in total. The van der Waals surface area contributed by atoms with Crippen LogP contribution in [-0.2, 0) is 9.53 Å². The number of alkyl carbamates (subject to hydrolysis) is 1. The van der Waals surface area contributed by atoms with Gasteiger partial charge in [0.25, 0.3) is 0 Å². The van der Waals surface area contributed by atoms with Crippen LogP contribution in [0.1, 0.15) is 47.5 Å². The maximum atomic E-state index is 11.6. The van der Waals surface area contributed by atoms with Gasteiger partial charge in [0.15, 0.2) is 0 Å². The fourth-order valence-electron chi connectivity index (χ4n) is 1.55. The predicted octanol–water partition coefficient (Wildman–Crippen LogP) is 2.27. The first-order chi connectivity index (χ1) is 7.12. The van der Waals surface area contributed by atoms with Crippen molar-refractivity contribution in [2.75, 3.05) is 0 Å². The Hall–Kier alpha value is -1.06. The summed E-state index contributed by atoms with van der Waals surface area (Å²) >= 11 is 0. The predicted molar refractivity (Wildman–Crippen MR) is 61.2 cm³/mol. The maximum absolute atomic E-state index is 11.6. The summed E-state index contributed by atoms with van der Waals surface area (Å²) in [6.07, 6.45) is 2.19. The normalized spacial score (nSPS) is 21.8. The van der Waals surface area contributed by atoms with Gasteiger partial charge in [-0.2, -0.15) is 0 Å². The molecule has 0 radical (unpaired) electrons. The van der Waals surface area contributed by atoms with Gasteiger partial charge in [-0.3, -0.25) is 0 Å². The molecule has 1 aliphatic carbocycles. The third-order valence-electron chi connectivity index (χ3n) is 3.25. The summed E-state index contributed by atoms with van der Waals surface area (Å²) in [5.74, 6) is 0. The minimum atomic E-state index is -0.824. The average Bonchev–Trinajstić information content (AvgIpc) is 2.81. The first-order valence-electron chi connectivity index (χ1n) is 5.59. The molecule has 1 unspecified atom stereocenters. The van der Waals surface area contributed by atoms with Crippen LogP contribution in [0, 0.1) is 5.41 Å². The van der Waals surface area contributed by atoms with E-state index in [0.29, 0.717) is 0 Å². The van der Waals surface area contributed by atoms with Crippen molar-refractivity contribution < 1.29 is 14.3 Å². The van der Waals surface area contributed by atoms with Gasteiger partial charge in [0.1, 0.15) is 17.4 Å². The van der Waals surface area contributed by atoms with Gasteiger partial charge in [-0.15, -0.1) is 0 Å². The smallest absolute Gasteiger partial charge is 0.408 e. The molecule has 0 aliphatic heterocycles. The summed E-state index contributed by atoms with van der Waals surface area (Å²) in [6, 6.07) is 0. The van der Waals surface area contributed by atoms with E-state index in [2.05, 4.69) is 5.32 Å². The lowest BCUT2D eigenvalue weighted by atomic mass is 9.85. The fourth-order valence-corrected chi connectivity index (χ4v) is 1.55. The van der Waals surface area contributed by atoms with Crippen molar-refractivity contribution in [1.82, 2.24) is 5.32 Å². The van der Waals surface area contributed by atoms with E-state index in [9.17, 15) is 9.59 Å². The summed E-state index contributed by atoms with van der Waals surface area (Å²) in [4.78, 5) is 22.8. The molecule has 1 amide bonds. The van der Waals surface area contributed by atoms with E-state index in [1.165, 1.54) is 0 Å². The monoisotopic (exact) mass is 227 g/mol. The largest absolute Gasteiger partial charge is 0.444 e. The molecule has 1 N–H and O–H groups in total. The van der Waals surface area contributed by atoms with E-state index < -0.39 is 17.2 Å². The minimum absolute atomic E-state index is 0.119. The Morgan fingerprint density at radius 3 is 2.12 bits per heavy atom. The molecule has 1 aliphatic rings. The van der Waals surface area contributed by atoms with E-state index in [4.69, 9.17) is 4.74 Å². The third-order valence-corrected chi connectivity index (χ3v) is 3.25. The lowest BCUT2D eigenvalue weighted by Crippen LogP contribution is -2.54. The van der Waals surface area contributed by atoms with Crippen molar-refractivity contribution in [1.29, 1.82) is 0 Å². The lowest BCUT2D eigenvalue weighted by Gasteiger charge is -2.32. The van der Waals surface area contributed by atoms with E-state index in [-0.39, 0.29) is 5.41 Å². The topological polar surface area (TPSA) is 55.4 Å². The summed E-state index contributed by atoms with van der Waals surface area (Å²) in [7, 11) is 0. The highest BCUT2D eigenvalue weighted by atomic mass is 16.6. The Labute approximate surface area is 96.7 Å². The molecule has 4 heteroatoms. The molecular formula is C12H21NO3. The molecule has 1 rings (SSSR count). The number of carbonyl (C=O) groups is 2. The van der Waals surface area contributed by atoms with Crippen LogP contribution in [0.3, 0.4) is 0 Å². The Kier molecular flexibility index (Phi) is 3.05. The molecule has 0 spiro atoms. The Bertz CT molecular complexity index is 302. The van der Waals surface area contributed by atoms with Gasteiger partial charge >= 0.3 is 6.09 Å². The standard InChI is InChI=1S/C12H21NO3/c1-10(2,3)16-9(15)13-12(5,8-14)11(4)6-7-11/h8H,6-7H2,1-5H3,(H,13,15). The zero-order chi connectivity index (χ0) is 12.6. The number of rotatable bonds is 3. The molecule has 92 valence electrons. The highest BCUT2D eigenvalue weighted by Crippen LogP contribution is 2.52. The molecule has 0 saturated heterocycles. The molecule has 0 aromatic rings. The molecule has 1 atom stereocenters. The number of aldehydes is 1. The summed E-state index contributed by atoms with van der Waals surface area (Å²) < 4.78 is 5.15. The maximum Gasteiger partial charge on any atom is 0.408 e. The summed E-state index contributed by atoms with van der Waals surface area (Å²) in [5.41, 5.74) is -1.49. The van der Waals surface area contributed by atoms with Crippen LogP contribution in [-0.4, -0.2) is 23.5 Å². The number of carbonyl (C=O) groups excluding carboxylic acids is 2. The zero-order valence-electron chi connectivity index (χ0n) is 10.7. The molecule has 1 saturated carbocycles. The summed E-state index contributed by atoms with van der Waals surface area (Å²) in [6.45, 7) is 9.13. The van der Waals surface area contributed by atoms with Gasteiger partial charge in [0.2, 0.25) is 0 Å². The van der Waals surface area contributed by atoms with Gasteiger partial charge in [-0.05, 0) is 46.0 Å². The van der Waals surface area contributed by atoms with Crippen LogP contribution >= 0.6 is 0 Å². The second-order valence-corrected chi connectivity index (χ2v) is 6.01. The number of hydrogen-bond acceptors (Lipinski definition) is 3. The molecule has 16 heavy (non-hydrogen) atoms. The first-order valence-corrected chi connectivity index (χ1v) is 5.59. The van der Waals surface area contributed by atoms with Crippen LogP contribution in [0.25, 0.3) is 0 Å². The molecule has 0 bridgehead atoms. The van der Waals surface area contributed by atoms with Gasteiger partial charge in [-0.25, -0.2) is 4.79 Å². The van der Waals surface area contributed by atoms with E-state index >= 15 is 0 Å². The van der Waals surface area contributed by atoms with Crippen molar-refractivity contribution in [2.45, 2.75) is 58.6 Å². The summed E-state index contributed by atoms with van der Waals surface area (Å²) in [5, 5.41) is 2.67. The van der Waals surface area contributed by atoms with Crippen LogP contribution in [0.4, 0.5) is 4.79 Å². The highest BCUT2D eigenvalue weighted by Gasteiger charge is 2.54. The molecule has 0 aromatic heterocycles. The third kappa shape index (κ3) is 2.74. The zero-order valence-corrected chi connectivity index (χ0v) is 10.7. The second kappa shape index (κ2) is 3.75. The van der Waals surface area contributed by atoms with Gasteiger partial charge in [0.05, 0.1) is 0 Å². The van der Waals surface area contributed by atoms with Crippen molar-refractivity contribution >= 4 is 12.4 Å². The quantitative estimate of drug-likeness (QED) is 0.752. The van der Waals surface area contributed by atoms with Crippen molar-refractivity contribution in [3.63, 3.8) is 0 Å². The van der Waals surface area contributed by atoms with Crippen LogP contribution < -0.4 is 5.32 Å². The van der Waals surface area contributed by atoms with Crippen molar-refractivity contribution in [2.24, 2.45) is 5.41 Å². The Morgan fingerprint density at radius 1 is 1.31 bits per heavy atom. The number of hydrogen-bond donors (Lipinski definition) is 1. The second-order valence-electron chi connectivity index (χ2n) is 6.01. The Balaban J connectivity index is 2.64. The first kappa shape index (κ1) is 13.0. The minimum Gasteiger partial charge on any atom is -0.444 e. The lowest BCUT2D eigenvalue weighted by molar-refractivity contribution is -0.115.